The van der Waals surface area contributed by atoms with Crippen LogP contribution < -0.4 is 0 Å². The summed E-state index contributed by atoms with van der Waals surface area (Å²) in [6.07, 6.45) is -2.70. The molecule has 0 saturated carbocycles. The number of rotatable bonds is 2. The van der Waals surface area contributed by atoms with Gasteiger partial charge in [0.2, 0.25) is 0 Å². The Hall–Kier alpha value is -1.46. The van der Waals surface area contributed by atoms with Gasteiger partial charge in [0.25, 0.3) is 15.5 Å². The SMILES string of the molecule is N#Cc1ncc(C(F)F)c(S(=O)(=O)Cl)c1O. The second kappa shape index (κ2) is 4.19. The Labute approximate surface area is 93.3 Å². The fraction of sp³-hybridized carbons (Fsp3) is 0.143. The molecule has 9 heteroatoms. The summed E-state index contributed by atoms with van der Waals surface area (Å²) in [6.45, 7) is 0. The lowest BCUT2D eigenvalue weighted by molar-refractivity contribution is 0.146. The predicted molar refractivity (Wildman–Crippen MR) is 48.6 cm³/mol. The van der Waals surface area contributed by atoms with Crippen LogP contribution in [0.15, 0.2) is 11.1 Å². The second-order valence-corrected chi connectivity index (χ2v) is 5.09. The van der Waals surface area contributed by atoms with Gasteiger partial charge in [-0.3, -0.25) is 0 Å². The van der Waals surface area contributed by atoms with E-state index in [9.17, 15) is 22.3 Å². The molecule has 0 aliphatic carbocycles. The fourth-order valence-corrected chi connectivity index (χ4v) is 2.23. The molecule has 0 radical (unpaired) electrons. The van der Waals surface area contributed by atoms with E-state index in [2.05, 4.69) is 4.98 Å². The number of aromatic nitrogens is 1. The minimum absolute atomic E-state index is 0.484. The second-order valence-electron chi connectivity index (χ2n) is 2.59. The lowest BCUT2D eigenvalue weighted by Crippen LogP contribution is -2.02. The fourth-order valence-electron chi connectivity index (χ4n) is 0.992. The molecule has 0 aliphatic heterocycles. The van der Waals surface area contributed by atoms with Gasteiger partial charge in [-0.1, -0.05) is 0 Å². The quantitative estimate of drug-likeness (QED) is 0.821. The minimum Gasteiger partial charge on any atom is -0.504 e. The molecule has 1 aromatic heterocycles. The van der Waals surface area contributed by atoms with E-state index in [0.29, 0.717) is 6.20 Å². The molecule has 0 fully saturated rings. The molecule has 1 N–H and O–H groups in total. The molecule has 0 bridgehead atoms. The van der Waals surface area contributed by atoms with Gasteiger partial charge in [-0.15, -0.1) is 0 Å². The van der Waals surface area contributed by atoms with Crippen LogP contribution in [0, 0.1) is 11.3 Å². The first-order valence-electron chi connectivity index (χ1n) is 3.63. The van der Waals surface area contributed by atoms with E-state index in [1.54, 1.807) is 0 Å². The number of nitrogens with zero attached hydrogens (tertiary/aromatic N) is 2. The highest BCUT2D eigenvalue weighted by atomic mass is 35.7. The molecule has 0 aliphatic rings. The molecule has 0 atom stereocenters. The highest BCUT2D eigenvalue weighted by molar-refractivity contribution is 8.13. The van der Waals surface area contributed by atoms with Gasteiger partial charge in [0.05, 0.1) is 5.56 Å². The number of nitriles is 1. The minimum atomic E-state index is -4.59. The molecular formula is C7H3ClF2N2O3S. The van der Waals surface area contributed by atoms with Crippen molar-refractivity contribution < 1.29 is 22.3 Å². The van der Waals surface area contributed by atoms with Crippen molar-refractivity contribution >= 4 is 19.7 Å². The summed E-state index contributed by atoms with van der Waals surface area (Å²) in [5, 5.41) is 17.7. The molecule has 86 valence electrons. The van der Waals surface area contributed by atoms with Crippen LogP contribution in [0.5, 0.6) is 5.75 Å². The van der Waals surface area contributed by atoms with Crippen LogP contribution in [0.25, 0.3) is 0 Å². The molecular weight excluding hydrogens is 266 g/mol. The average Bonchev–Trinajstić information content (AvgIpc) is 2.14. The number of hydrogen-bond donors (Lipinski definition) is 1. The third kappa shape index (κ3) is 2.20. The van der Waals surface area contributed by atoms with E-state index in [-0.39, 0.29) is 0 Å². The molecule has 16 heavy (non-hydrogen) atoms. The molecule has 1 rings (SSSR count). The summed E-state index contributed by atoms with van der Waals surface area (Å²) in [5.41, 5.74) is -1.74. The normalized spacial score (nSPS) is 11.4. The number of aromatic hydroxyl groups is 1. The zero-order chi connectivity index (χ0) is 12.5. The first-order chi connectivity index (χ1) is 7.29. The van der Waals surface area contributed by atoms with Crippen molar-refractivity contribution in [2.24, 2.45) is 0 Å². The van der Waals surface area contributed by atoms with Gasteiger partial charge in [0, 0.05) is 16.9 Å². The monoisotopic (exact) mass is 268 g/mol. The third-order valence-electron chi connectivity index (χ3n) is 1.62. The van der Waals surface area contributed by atoms with Gasteiger partial charge in [-0.05, 0) is 0 Å². The summed E-state index contributed by atoms with van der Waals surface area (Å²) in [5.74, 6) is -1.17. The Morgan fingerprint density at radius 1 is 1.56 bits per heavy atom. The Morgan fingerprint density at radius 3 is 2.50 bits per heavy atom. The van der Waals surface area contributed by atoms with Crippen LogP contribution in [-0.2, 0) is 9.05 Å². The predicted octanol–water partition coefficient (Wildman–Crippen LogP) is 1.52. The van der Waals surface area contributed by atoms with Gasteiger partial charge in [0.1, 0.15) is 11.0 Å². The molecule has 0 saturated heterocycles. The van der Waals surface area contributed by atoms with Gasteiger partial charge < -0.3 is 5.11 Å². The van der Waals surface area contributed by atoms with Gasteiger partial charge in [0.15, 0.2) is 11.4 Å². The van der Waals surface area contributed by atoms with E-state index in [1.807, 2.05) is 0 Å². The molecule has 0 amide bonds. The van der Waals surface area contributed by atoms with Crippen molar-refractivity contribution in [3.63, 3.8) is 0 Å². The van der Waals surface area contributed by atoms with Crippen molar-refractivity contribution in [2.45, 2.75) is 11.3 Å². The summed E-state index contributed by atoms with van der Waals surface area (Å²) in [6, 6.07) is 1.34. The summed E-state index contributed by atoms with van der Waals surface area (Å²) >= 11 is 0. The van der Waals surface area contributed by atoms with Crippen LogP contribution in [0.3, 0.4) is 0 Å². The van der Waals surface area contributed by atoms with Crippen molar-refractivity contribution in [3.8, 4) is 11.8 Å². The molecule has 1 aromatic rings. The Bertz CT molecular complexity index is 568. The number of halogens is 3. The first-order valence-corrected chi connectivity index (χ1v) is 5.94. The zero-order valence-electron chi connectivity index (χ0n) is 7.35. The van der Waals surface area contributed by atoms with Crippen molar-refractivity contribution in [1.29, 1.82) is 5.26 Å². The Balaban J connectivity index is 3.72. The van der Waals surface area contributed by atoms with E-state index in [0.717, 1.165) is 0 Å². The van der Waals surface area contributed by atoms with E-state index in [4.69, 9.17) is 15.9 Å². The lowest BCUT2D eigenvalue weighted by Gasteiger charge is -2.07. The van der Waals surface area contributed by atoms with Gasteiger partial charge >= 0.3 is 0 Å². The molecule has 1 heterocycles. The summed E-state index contributed by atoms with van der Waals surface area (Å²) < 4.78 is 46.8. The van der Waals surface area contributed by atoms with Crippen LogP contribution in [0.4, 0.5) is 8.78 Å². The van der Waals surface area contributed by atoms with Crippen molar-refractivity contribution in [1.82, 2.24) is 4.98 Å². The standard InChI is InChI=1S/C7H3ClF2N2O3S/c8-16(14,15)6-3(7(9)10)2-12-4(1-11)5(6)13/h2,7,13H. The maximum Gasteiger partial charge on any atom is 0.266 e. The van der Waals surface area contributed by atoms with Crippen LogP contribution in [0.2, 0.25) is 0 Å². The molecule has 0 unspecified atom stereocenters. The lowest BCUT2D eigenvalue weighted by atomic mass is 10.2. The van der Waals surface area contributed by atoms with Crippen molar-refractivity contribution in [2.75, 3.05) is 0 Å². The maximum atomic E-state index is 12.4. The Morgan fingerprint density at radius 2 is 2.12 bits per heavy atom. The van der Waals surface area contributed by atoms with E-state index in [1.165, 1.54) is 6.07 Å². The van der Waals surface area contributed by atoms with E-state index < -0.39 is 37.4 Å². The van der Waals surface area contributed by atoms with Crippen LogP contribution in [-0.4, -0.2) is 18.5 Å². The maximum absolute atomic E-state index is 12.4. The highest BCUT2D eigenvalue weighted by Gasteiger charge is 2.28. The zero-order valence-corrected chi connectivity index (χ0v) is 8.93. The van der Waals surface area contributed by atoms with Gasteiger partial charge in [-0.2, -0.15) is 5.26 Å². The molecule has 5 nitrogen and oxygen atoms in total. The highest BCUT2D eigenvalue weighted by Crippen LogP contribution is 2.35. The van der Waals surface area contributed by atoms with Crippen molar-refractivity contribution in [3.05, 3.63) is 17.5 Å². The average molecular weight is 269 g/mol. The topological polar surface area (TPSA) is 91.0 Å². The third-order valence-corrected chi connectivity index (χ3v) is 3.00. The van der Waals surface area contributed by atoms with Crippen LogP contribution >= 0.6 is 10.7 Å². The first kappa shape index (κ1) is 12.6. The summed E-state index contributed by atoms with van der Waals surface area (Å²) in [4.78, 5) is 1.99. The largest absolute Gasteiger partial charge is 0.504 e. The Kier molecular flexibility index (Phi) is 3.30. The number of hydrogen-bond acceptors (Lipinski definition) is 5. The molecule has 0 aromatic carbocycles. The molecule has 0 spiro atoms. The van der Waals surface area contributed by atoms with Crippen LogP contribution in [0.1, 0.15) is 17.7 Å². The smallest absolute Gasteiger partial charge is 0.266 e. The van der Waals surface area contributed by atoms with E-state index >= 15 is 0 Å². The number of alkyl halides is 2. The summed E-state index contributed by atoms with van der Waals surface area (Å²) in [7, 11) is 0.293. The number of pyridine rings is 1. The van der Waals surface area contributed by atoms with Gasteiger partial charge in [-0.25, -0.2) is 22.2 Å².